The standard InChI is InChI=1S/C27H34N8O4/c28-26(34-35(38)39)31-14-5-10-23(24(36)30-15-12-20-17-32-22-9-4-3-8-21(20)22)33-25(37)27(29)13-11-18-6-1-2-7-19(18)16-27/h1-4,6-9,17,23,32H,5,10-16,29H2,(H,30,36)(H,33,37)(H3,28,31,34)/t23-,27?/m0/s1. The van der Waals surface area contributed by atoms with E-state index in [1.807, 2.05) is 54.7 Å². The van der Waals surface area contributed by atoms with E-state index in [0.717, 1.165) is 22.0 Å². The third kappa shape index (κ3) is 7.11. The Labute approximate surface area is 225 Å². The molecule has 0 fully saturated rings. The summed E-state index contributed by atoms with van der Waals surface area (Å²) in [4.78, 5) is 44.2. The number of aromatic amines is 1. The van der Waals surface area contributed by atoms with Gasteiger partial charge >= 0.3 is 0 Å². The van der Waals surface area contributed by atoms with E-state index in [4.69, 9.17) is 11.5 Å². The molecule has 2 atom stereocenters. The normalized spacial score (nSPS) is 17.7. The number of nitrogens with one attached hydrogen (secondary N) is 4. The van der Waals surface area contributed by atoms with Crippen LogP contribution in [0, 0.1) is 10.1 Å². The zero-order chi connectivity index (χ0) is 27.8. The van der Waals surface area contributed by atoms with Crippen LogP contribution < -0.4 is 27.5 Å². The van der Waals surface area contributed by atoms with Crippen LogP contribution in [0.1, 0.15) is 36.0 Å². The Morgan fingerprint density at radius 2 is 1.90 bits per heavy atom. The average Bonchev–Trinajstić information content (AvgIpc) is 3.32. The summed E-state index contributed by atoms with van der Waals surface area (Å²) in [6.07, 6.45) is 4.69. The topological polar surface area (TPSA) is 194 Å². The summed E-state index contributed by atoms with van der Waals surface area (Å²) in [6.45, 7) is 0.523. The lowest BCUT2D eigenvalue weighted by Crippen LogP contribution is -2.61. The van der Waals surface area contributed by atoms with Gasteiger partial charge in [0.25, 0.3) is 5.96 Å². The molecule has 2 amide bonds. The number of aryl methyl sites for hydroxylation is 1. The third-order valence-electron chi connectivity index (χ3n) is 7.05. The number of para-hydroxylation sites is 1. The van der Waals surface area contributed by atoms with Gasteiger partial charge in [0.15, 0.2) is 5.03 Å². The maximum Gasteiger partial charge on any atom is 0.251 e. The second kappa shape index (κ2) is 12.4. The van der Waals surface area contributed by atoms with Crippen molar-refractivity contribution in [1.82, 2.24) is 21.0 Å². The van der Waals surface area contributed by atoms with Gasteiger partial charge in [-0.2, -0.15) is 0 Å². The summed E-state index contributed by atoms with van der Waals surface area (Å²) in [5, 5.41) is 16.6. The quantitative estimate of drug-likeness (QED) is 0.0696. The molecule has 0 radical (unpaired) electrons. The van der Waals surface area contributed by atoms with Crippen molar-refractivity contribution in [1.29, 1.82) is 0 Å². The monoisotopic (exact) mass is 534 g/mol. The number of nitro groups is 1. The molecule has 12 nitrogen and oxygen atoms in total. The first-order chi connectivity index (χ1) is 18.7. The number of H-pyrrole nitrogens is 1. The highest BCUT2D eigenvalue weighted by atomic mass is 16.7. The van der Waals surface area contributed by atoms with E-state index in [1.165, 1.54) is 5.56 Å². The molecule has 1 aliphatic carbocycles. The number of aliphatic imine (C=N–C) groups is 1. The lowest BCUT2D eigenvalue weighted by Gasteiger charge is -2.34. The molecular weight excluding hydrogens is 500 g/mol. The highest BCUT2D eigenvalue weighted by molar-refractivity contribution is 5.92. The van der Waals surface area contributed by atoms with E-state index < -0.39 is 16.6 Å². The number of hydrazine groups is 1. The maximum absolute atomic E-state index is 13.4. The predicted octanol–water partition coefficient (Wildman–Crippen LogP) is 1.07. The summed E-state index contributed by atoms with van der Waals surface area (Å²) in [5.41, 5.74) is 17.0. The van der Waals surface area contributed by atoms with Crippen molar-refractivity contribution >= 4 is 28.7 Å². The summed E-state index contributed by atoms with van der Waals surface area (Å²) < 4.78 is 0. The van der Waals surface area contributed by atoms with Crippen molar-refractivity contribution in [2.75, 3.05) is 13.1 Å². The van der Waals surface area contributed by atoms with Crippen LogP contribution in [-0.2, 0) is 28.9 Å². The minimum absolute atomic E-state index is 0.142. The fraction of sp³-hybridized carbons (Fsp3) is 0.370. The highest BCUT2D eigenvalue weighted by Gasteiger charge is 2.39. The maximum atomic E-state index is 13.4. The minimum atomic E-state index is -1.13. The van der Waals surface area contributed by atoms with Crippen LogP contribution in [0.3, 0.4) is 0 Å². The number of guanidine groups is 1. The molecule has 4 rings (SSSR count). The molecular formula is C27H34N8O4. The summed E-state index contributed by atoms with van der Waals surface area (Å²) in [6, 6.07) is 15.0. The Morgan fingerprint density at radius 3 is 2.69 bits per heavy atom. The molecule has 8 N–H and O–H groups in total. The number of hydrogen-bond donors (Lipinski definition) is 6. The molecule has 1 heterocycles. The van der Waals surface area contributed by atoms with E-state index >= 15 is 0 Å². The second-order valence-electron chi connectivity index (χ2n) is 9.81. The van der Waals surface area contributed by atoms with Gasteiger partial charge in [0.05, 0.1) is 5.54 Å². The average molecular weight is 535 g/mol. The molecule has 206 valence electrons. The molecule has 0 saturated heterocycles. The van der Waals surface area contributed by atoms with Gasteiger partial charge in [-0.25, -0.2) is 15.1 Å². The summed E-state index contributed by atoms with van der Waals surface area (Å²) in [5.74, 6) is -1.04. The lowest BCUT2D eigenvalue weighted by atomic mass is 9.78. The number of rotatable bonds is 11. The first-order valence-electron chi connectivity index (χ1n) is 13.0. The molecule has 39 heavy (non-hydrogen) atoms. The van der Waals surface area contributed by atoms with Crippen molar-refractivity contribution in [3.8, 4) is 0 Å². The molecule has 0 aliphatic heterocycles. The van der Waals surface area contributed by atoms with Crippen LogP contribution in [0.2, 0.25) is 0 Å². The number of nitrogens with two attached hydrogens (primary N) is 2. The first kappa shape index (κ1) is 27.6. The van der Waals surface area contributed by atoms with E-state index in [2.05, 4.69) is 20.6 Å². The molecule has 0 saturated carbocycles. The SMILES string of the molecule is NC(=NCCC[C@H](NC(=O)C1(N)CCc2ccccc2C1)C(=O)NCCc1c[nH]c2ccccc12)N[N+](=O)[O-]. The van der Waals surface area contributed by atoms with Crippen molar-refractivity contribution in [3.05, 3.63) is 81.5 Å². The number of carbonyl (C=O) groups is 2. The third-order valence-corrected chi connectivity index (χ3v) is 7.05. The highest BCUT2D eigenvalue weighted by Crippen LogP contribution is 2.27. The Balaban J connectivity index is 1.39. The van der Waals surface area contributed by atoms with Crippen LogP contribution in [-0.4, -0.2) is 52.5 Å². The van der Waals surface area contributed by atoms with Gasteiger partial charge in [-0.3, -0.25) is 9.59 Å². The molecule has 1 aromatic heterocycles. The molecule has 3 aromatic rings. The van der Waals surface area contributed by atoms with Crippen molar-refractivity contribution in [3.63, 3.8) is 0 Å². The number of nitrogens with zero attached hydrogens (tertiary/aromatic N) is 2. The number of amides is 2. The zero-order valence-electron chi connectivity index (χ0n) is 21.6. The Kier molecular flexibility index (Phi) is 8.77. The Hall–Kier alpha value is -4.45. The fourth-order valence-corrected chi connectivity index (χ4v) is 4.93. The van der Waals surface area contributed by atoms with E-state index in [0.29, 0.717) is 38.6 Å². The van der Waals surface area contributed by atoms with E-state index in [-0.39, 0.29) is 30.7 Å². The minimum Gasteiger partial charge on any atom is -0.365 e. The zero-order valence-corrected chi connectivity index (χ0v) is 21.6. The molecule has 0 spiro atoms. The number of aromatic nitrogens is 1. The Morgan fingerprint density at radius 1 is 1.15 bits per heavy atom. The van der Waals surface area contributed by atoms with Gasteiger partial charge < -0.3 is 27.1 Å². The number of hydrogen-bond acceptors (Lipinski definition) is 6. The number of carbonyl (C=O) groups excluding carboxylic acids is 2. The second-order valence-corrected chi connectivity index (χ2v) is 9.81. The van der Waals surface area contributed by atoms with Crippen LogP contribution in [0.25, 0.3) is 10.9 Å². The van der Waals surface area contributed by atoms with Gasteiger partial charge in [0.2, 0.25) is 11.8 Å². The molecule has 1 unspecified atom stereocenters. The van der Waals surface area contributed by atoms with E-state index in [9.17, 15) is 19.7 Å². The van der Waals surface area contributed by atoms with Gasteiger partial charge in [-0.1, -0.05) is 47.9 Å². The fourth-order valence-electron chi connectivity index (χ4n) is 4.93. The van der Waals surface area contributed by atoms with Crippen LogP contribution in [0.4, 0.5) is 0 Å². The lowest BCUT2D eigenvalue weighted by molar-refractivity contribution is -0.525. The number of benzene rings is 2. The molecule has 2 aromatic carbocycles. The van der Waals surface area contributed by atoms with E-state index in [1.54, 1.807) is 5.43 Å². The van der Waals surface area contributed by atoms with Gasteiger partial charge in [-0.15, -0.1) is 0 Å². The largest absolute Gasteiger partial charge is 0.365 e. The van der Waals surface area contributed by atoms with Gasteiger partial charge in [0, 0.05) is 30.2 Å². The van der Waals surface area contributed by atoms with Crippen LogP contribution in [0.5, 0.6) is 0 Å². The van der Waals surface area contributed by atoms with Crippen LogP contribution >= 0.6 is 0 Å². The van der Waals surface area contributed by atoms with Crippen LogP contribution in [0.15, 0.2) is 59.7 Å². The smallest absolute Gasteiger partial charge is 0.251 e. The first-order valence-corrected chi connectivity index (χ1v) is 13.0. The molecule has 0 bridgehead atoms. The van der Waals surface area contributed by atoms with Gasteiger partial charge in [-0.05, 0) is 61.3 Å². The number of fused-ring (bicyclic) bond motifs is 2. The Bertz CT molecular complexity index is 1370. The predicted molar refractivity (Wildman–Crippen MR) is 148 cm³/mol. The molecule has 12 heteroatoms. The summed E-state index contributed by atoms with van der Waals surface area (Å²) in [7, 11) is 0. The molecule has 1 aliphatic rings. The van der Waals surface area contributed by atoms with Crippen molar-refractivity contribution < 1.29 is 14.6 Å². The van der Waals surface area contributed by atoms with Crippen molar-refractivity contribution in [2.24, 2.45) is 16.5 Å². The van der Waals surface area contributed by atoms with Crippen molar-refractivity contribution in [2.45, 2.75) is 50.1 Å². The van der Waals surface area contributed by atoms with Gasteiger partial charge in [0.1, 0.15) is 6.04 Å². The summed E-state index contributed by atoms with van der Waals surface area (Å²) >= 11 is 0.